The van der Waals surface area contributed by atoms with Crippen LogP contribution in [0.1, 0.15) is 5.89 Å². The molecule has 0 atom stereocenters. The van der Waals surface area contributed by atoms with Crippen molar-refractivity contribution in [2.45, 2.75) is 10.9 Å². The smallest absolute Gasteiger partial charge is 0.283 e. The molecule has 0 spiro atoms. The van der Waals surface area contributed by atoms with Crippen LogP contribution in [-0.2, 0) is 5.75 Å². The summed E-state index contributed by atoms with van der Waals surface area (Å²) < 4.78 is 18.4. The molecule has 3 heterocycles. The monoisotopic (exact) mass is 431 g/mol. The summed E-state index contributed by atoms with van der Waals surface area (Å²) in [5, 5.41) is 17.7. The molecule has 0 saturated heterocycles. The number of para-hydroxylation sites is 1. The summed E-state index contributed by atoms with van der Waals surface area (Å²) >= 11 is 1.46. The lowest BCUT2D eigenvalue weighted by Gasteiger charge is -2.10. The van der Waals surface area contributed by atoms with Gasteiger partial charge in [-0.1, -0.05) is 42.1 Å². The quantitative estimate of drug-likeness (QED) is 0.337. The van der Waals surface area contributed by atoms with Crippen LogP contribution in [0, 0.1) is 0 Å². The lowest BCUT2D eigenvalue weighted by Crippen LogP contribution is -2.00. The van der Waals surface area contributed by atoms with Gasteiger partial charge >= 0.3 is 0 Å². The summed E-state index contributed by atoms with van der Waals surface area (Å²) in [6.45, 7) is 0. The molecule has 0 unspecified atom stereocenters. The molecule has 0 saturated carbocycles. The predicted octanol–water partition coefficient (Wildman–Crippen LogP) is 4.88. The van der Waals surface area contributed by atoms with Gasteiger partial charge in [0, 0.05) is 11.3 Å². The lowest BCUT2D eigenvalue weighted by molar-refractivity contribution is 0.415. The highest BCUT2D eigenvalue weighted by Crippen LogP contribution is 2.31. The van der Waals surface area contributed by atoms with Crippen molar-refractivity contribution in [2.75, 3.05) is 7.11 Å². The Labute approximate surface area is 181 Å². The fraction of sp³-hybridized carbons (Fsp3) is 0.0909. The zero-order valence-electron chi connectivity index (χ0n) is 16.5. The summed E-state index contributed by atoms with van der Waals surface area (Å²) in [6.07, 6.45) is 1.57. The Kier molecular flexibility index (Phi) is 5.24. The van der Waals surface area contributed by atoms with E-state index in [0.29, 0.717) is 28.5 Å². The van der Waals surface area contributed by atoms with E-state index in [-0.39, 0.29) is 0 Å². The second-order valence-corrected chi connectivity index (χ2v) is 7.42. The largest absolute Gasteiger partial charge is 0.497 e. The van der Waals surface area contributed by atoms with Gasteiger partial charge in [0.1, 0.15) is 5.75 Å². The molecule has 0 radical (unpaired) electrons. The average Bonchev–Trinajstić information content (AvgIpc) is 3.59. The van der Waals surface area contributed by atoms with Crippen LogP contribution in [0.5, 0.6) is 5.75 Å². The van der Waals surface area contributed by atoms with Crippen LogP contribution in [-0.4, -0.2) is 32.1 Å². The summed E-state index contributed by atoms with van der Waals surface area (Å²) in [5.41, 5.74) is 1.86. The highest BCUT2D eigenvalue weighted by atomic mass is 32.2. The van der Waals surface area contributed by atoms with Gasteiger partial charge in [0.15, 0.2) is 16.7 Å². The maximum Gasteiger partial charge on any atom is 0.283 e. The Morgan fingerprint density at radius 3 is 2.65 bits per heavy atom. The number of hydrogen-bond acceptors (Lipinski definition) is 8. The van der Waals surface area contributed by atoms with Crippen molar-refractivity contribution in [3.63, 3.8) is 0 Å². The van der Waals surface area contributed by atoms with Gasteiger partial charge in [-0.05, 0) is 36.4 Å². The van der Waals surface area contributed by atoms with Crippen molar-refractivity contribution in [2.24, 2.45) is 0 Å². The van der Waals surface area contributed by atoms with Gasteiger partial charge in [-0.25, -0.2) is 0 Å². The van der Waals surface area contributed by atoms with E-state index in [1.165, 1.54) is 11.8 Å². The first-order chi connectivity index (χ1) is 15.3. The van der Waals surface area contributed by atoms with E-state index >= 15 is 0 Å². The Morgan fingerprint density at radius 2 is 1.84 bits per heavy atom. The van der Waals surface area contributed by atoms with Crippen LogP contribution in [0.25, 0.3) is 28.7 Å². The first kappa shape index (κ1) is 19.1. The second-order valence-electron chi connectivity index (χ2n) is 6.48. The standard InChI is InChI=1S/C22H17N5O3S/c1-28-17-10-5-7-15(13-17)20-24-26-22(27(20)16-8-3-2-4-9-16)31-14-19-23-25-21(30-19)18-11-6-12-29-18/h2-13H,14H2,1H3. The molecule has 0 aliphatic heterocycles. The summed E-state index contributed by atoms with van der Waals surface area (Å²) in [5.74, 6) is 3.28. The third kappa shape index (κ3) is 3.95. The Balaban J connectivity index is 1.47. The predicted molar refractivity (Wildman–Crippen MR) is 115 cm³/mol. The van der Waals surface area contributed by atoms with Crippen molar-refractivity contribution in [1.29, 1.82) is 0 Å². The number of methoxy groups -OCH3 is 1. The SMILES string of the molecule is COc1cccc(-c2nnc(SCc3nnc(-c4ccco4)o3)n2-c2ccccc2)c1. The molecule has 31 heavy (non-hydrogen) atoms. The number of thioether (sulfide) groups is 1. The fourth-order valence-corrected chi connectivity index (χ4v) is 3.85. The Hall–Kier alpha value is -3.85. The van der Waals surface area contributed by atoms with Crippen LogP contribution in [0.2, 0.25) is 0 Å². The van der Waals surface area contributed by atoms with Crippen LogP contribution in [0.15, 0.2) is 87.0 Å². The van der Waals surface area contributed by atoms with Crippen molar-refractivity contribution < 1.29 is 13.6 Å². The minimum atomic E-state index is 0.349. The highest BCUT2D eigenvalue weighted by molar-refractivity contribution is 7.98. The Bertz CT molecular complexity index is 1280. The van der Waals surface area contributed by atoms with Crippen molar-refractivity contribution >= 4 is 11.8 Å². The minimum absolute atomic E-state index is 0.349. The van der Waals surface area contributed by atoms with Gasteiger partial charge in [-0.3, -0.25) is 4.57 Å². The van der Waals surface area contributed by atoms with Gasteiger partial charge in [0.05, 0.1) is 19.1 Å². The van der Waals surface area contributed by atoms with E-state index in [4.69, 9.17) is 13.6 Å². The third-order valence-electron chi connectivity index (χ3n) is 4.50. The van der Waals surface area contributed by atoms with E-state index < -0.39 is 0 Å². The molecular weight excluding hydrogens is 414 g/mol. The van der Waals surface area contributed by atoms with E-state index in [1.807, 2.05) is 59.2 Å². The molecule has 2 aromatic carbocycles. The van der Waals surface area contributed by atoms with Crippen molar-refractivity contribution in [3.05, 3.63) is 78.9 Å². The minimum Gasteiger partial charge on any atom is -0.497 e. The molecule has 5 rings (SSSR count). The van der Waals surface area contributed by atoms with Crippen molar-refractivity contribution in [1.82, 2.24) is 25.0 Å². The van der Waals surface area contributed by atoms with Crippen LogP contribution in [0.3, 0.4) is 0 Å². The maximum atomic E-state index is 5.71. The van der Waals surface area contributed by atoms with Crippen LogP contribution < -0.4 is 4.74 Å². The number of hydrogen-bond donors (Lipinski definition) is 0. The van der Waals surface area contributed by atoms with Gasteiger partial charge in [-0.15, -0.1) is 20.4 Å². The molecule has 3 aromatic heterocycles. The molecule has 0 fully saturated rings. The number of benzene rings is 2. The van der Waals surface area contributed by atoms with E-state index in [0.717, 1.165) is 22.8 Å². The average molecular weight is 431 g/mol. The topological polar surface area (TPSA) is 92.0 Å². The number of rotatable bonds is 7. The van der Waals surface area contributed by atoms with E-state index in [9.17, 15) is 0 Å². The summed E-state index contributed by atoms with van der Waals surface area (Å²) in [6, 6.07) is 21.2. The van der Waals surface area contributed by atoms with Gasteiger partial charge in [-0.2, -0.15) is 0 Å². The van der Waals surface area contributed by atoms with Gasteiger partial charge < -0.3 is 13.6 Å². The molecule has 0 N–H and O–H groups in total. The first-order valence-corrected chi connectivity index (χ1v) is 10.4. The number of ether oxygens (including phenoxy) is 1. The first-order valence-electron chi connectivity index (χ1n) is 9.46. The highest BCUT2D eigenvalue weighted by Gasteiger charge is 2.18. The number of nitrogens with zero attached hydrogens (tertiary/aromatic N) is 5. The summed E-state index contributed by atoms with van der Waals surface area (Å²) in [4.78, 5) is 0. The zero-order valence-corrected chi connectivity index (χ0v) is 17.3. The maximum absolute atomic E-state index is 5.71. The van der Waals surface area contributed by atoms with Crippen molar-refractivity contribution in [3.8, 4) is 34.5 Å². The van der Waals surface area contributed by atoms with Gasteiger partial charge in [0.2, 0.25) is 5.89 Å². The molecule has 0 amide bonds. The zero-order chi connectivity index (χ0) is 21.0. The normalized spacial score (nSPS) is 11.0. The van der Waals surface area contributed by atoms with Gasteiger partial charge in [0.25, 0.3) is 5.89 Å². The number of furan rings is 1. The second kappa shape index (κ2) is 8.49. The molecule has 0 aliphatic rings. The lowest BCUT2D eigenvalue weighted by atomic mass is 10.2. The van der Waals surface area contributed by atoms with E-state index in [1.54, 1.807) is 25.5 Å². The molecular formula is C22H17N5O3S. The summed E-state index contributed by atoms with van der Waals surface area (Å²) in [7, 11) is 1.64. The van der Waals surface area contributed by atoms with Crippen LogP contribution in [0.4, 0.5) is 0 Å². The van der Waals surface area contributed by atoms with Crippen LogP contribution >= 0.6 is 11.8 Å². The molecule has 154 valence electrons. The molecule has 8 nitrogen and oxygen atoms in total. The molecule has 9 heteroatoms. The van der Waals surface area contributed by atoms with E-state index in [2.05, 4.69) is 20.4 Å². The molecule has 5 aromatic rings. The molecule has 0 bridgehead atoms. The fourth-order valence-electron chi connectivity index (χ4n) is 3.06. The Morgan fingerprint density at radius 1 is 0.935 bits per heavy atom. The third-order valence-corrected chi connectivity index (χ3v) is 5.41. The molecule has 0 aliphatic carbocycles. The number of aromatic nitrogens is 5.